The molecule has 1 heterocycles. The molecule has 27 heavy (non-hydrogen) atoms. The topological polar surface area (TPSA) is 88.0 Å². The third-order valence-corrected chi connectivity index (χ3v) is 4.58. The van der Waals surface area contributed by atoms with Gasteiger partial charge in [-0.15, -0.1) is 0 Å². The summed E-state index contributed by atoms with van der Waals surface area (Å²) in [4.78, 5) is 26.5. The molecule has 2 aromatic carbocycles. The number of nitro groups is 1. The Morgan fingerprint density at radius 3 is 2.70 bits per heavy atom. The van der Waals surface area contributed by atoms with Gasteiger partial charge in [-0.2, -0.15) is 0 Å². The smallest absolute Gasteiger partial charge is 0.269 e. The molecule has 1 atom stereocenters. The molecule has 140 valence electrons. The van der Waals surface area contributed by atoms with E-state index in [0.717, 1.165) is 22.0 Å². The van der Waals surface area contributed by atoms with Gasteiger partial charge in [0.05, 0.1) is 4.92 Å². The summed E-state index contributed by atoms with van der Waals surface area (Å²) in [5, 5.41) is 15.2. The minimum Gasteiger partial charge on any atom is -0.361 e. The van der Waals surface area contributed by atoms with Crippen LogP contribution in [0, 0.1) is 16.0 Å². The van der Waals surface area contributed by atoms with E-state index in [1.807, 2.05) is 50.4 Å². The SMILES string of the molecule is CC(C)CNC(=O)CC(c1cccc([N+](=O)[O-])c1)c1c[nH]c2ccccc12. The lowest BCUT2D eigenvalue weighted by atomic mass is 9.87. The third-order valence-electron chi connectivity index (χ3n) is 4.58. The first-order valence-corrected chi connectivity index (χ1v) is 9.02. The number of nitrogens with one attached hydrogen (secondary N) is 2. The first kappa shape index (κ1) is 18.6. The summed E-state index contributed by atoms with van der Waals surface area (Å²) in [6.45, 7) is 4.68. The van der Waals surface area contributed by atoms with Gasteiger partial charge < -0.3 is 10.3 Å². The summed E-state index contributed by atoms with van der Waals surface area (Å²) in [6.07, 6.45) is 2.12. The number of non-ortho nitro benzene ring substituents is 1. The molecule has 0 aliphatic carbocycles. The summed E-state index contributed by atoms with van der Waals surface area (Å²) in [6, 6.07) is 14.4. The molecule has 1 unspecified atom stereocenters. The molecule has 6 nitrogen and oxygen atoms in total. The van der Waals surface area contributed by atoms with Crippen LogP contribution in [-0.2, 0) is 4.79 Å². The van der Waals surface area contributed by atoms with Gasteiger partial charge in [0.25, 0.3) is 5.69 Å². The molecule has 1 amide bonds. The molecule has 0 aliphatic rings. The number of rotatable bonds is 7. The van der Waals surface area contributed by atoms with Crippen molar-refractivity contribution in [3.05, 3.63) is 76.0 Å². The van der Waals surface area contributed by atoms with Crippen molar-refractivity contribution in [1.29, 1.82) is 0 Å². The number of carbonyl (C=O) groups is 1. The van der Waals surface area contributed by atoms with Crippen LogP contribution in [0.3, 0.4) is 0 Å². The maximum Gasteiger partial charge on any atom is 0.269 e. The quantitative estimate of drug-likeness (QED) is 0.481. The lowest BCUT2D eigenvalue weighted by Gasteiger charge is -2.17. The number of aromatic nitrogens is 1. The number of benzene rings is 2. The van der Waals surface area contributed by atoms with Crippen molar-refractivity contribution < 1.29 is 9.72 Å². The lowest BCUT2D eigenvalue weighted by Crippen LogP contribution is -2.28. The van der Waals surface area contributed by atoms with Gasteiger partial charge in [-0.25, -0.2) is 0 Å². The monoisotopic (exact) mass is 365 g/mol. The number of nitrogens with zero attached hydrogens (tertiary/aromatic N) is 1. The van der Waals surface area contributed by atoms with Gasteiger partial charge in [-0.1, -0.05) is 44.2 Å². The Hall–Kier alpha value is -3.15. The van der Waals surface area contributed by atoms with E-state index < -0.39 is 4.92 Å². The van der Waals surface area contributed by atoms with E-state index in [-0.39, 0.29) is 23.9 Å². The summed E-state index contributed by atoms with van der Waals surface area (Å²) >= 11 is 0. The number of carbonyl (C=O) groups excluding carboxylic acids is 1. The van der Waals surface area contributed by atoms with Crippen molar-refractivity contribution >= 4 is 22.5 Å². The maximum atomic E-state index is 12.5. The molecule has 0 bridgehead atoms. The summed E-state index contributed by atoms with van der Waals surface area (Å²) < 4.78 is 0. The largest absolute Gasteiger partial charge is 0.361 e. The molecule has 6 heteroatoms. The molecule has 3 rings (SSSR count). The van der Waals surface area contributed by atoms with Crippen molar-refractivity contribution in [2.24, 2.45) is 5.92 Å². The number of nitro benzene ring substituents is 1. The zero-order valence-corrected chi connectivity index (χ0v) is 15.4. The fraction of sp³-hybridized carbons (Fsp3) is 0.286. The Balaban J connectivity index is 2.00. The van der Waals surface area contributed by atoms with E-state index >= 15 is 0 Å². The van der Waals surface area contributed by atoms with E-state index in [4.69, 9.17) is 0 Å². The van der Waals surface area contributed by atoms with Crippen LogP contribution in [0.5, 0.6) is 0 Å². The van der Waals surface area contributed by atoms with Gasteiger partial charge in [-0.05, 0) is 23.1 Å². The van der Waals surface area contributed by atoms with Crippen LogP contribution >= 0.6 is 0 Å². The number of hydrogen-bond acceptors (Lipinski definition) is 3. The number of amides is 1. The van der Waals surface area contributed by atoms with Crippen LogP contribution in [0.2, 0.25) is 0 Å². The molecule has 0 aliphatic heterocycles. The normalized spacial score (nSPS) is 12.3. The van der Waals surface area contributed by atoms with E-state index in [9.17, 15) is 14.9 Å². The minimum atomic E-state index is -0.408. The Morgan fingerprint density at radius 2 is 1.96 bits per heavy atom. The van der Waals surface area contributed by atoms with Gasteiger partial charge in [0.2, 0.25) is 5.91 Å². The highest BCUT2D eigenvalue weighted by Gasteiger charge is 2.23. The van der Waals surface area contributed by atoms with Gasteiger partial charge in [0, 0.05) is 48.1 Å². The number of para-hydroxylation sites is 1. The van der Waals surface area contributed by atoms with Crippen LogP contribution < -0.4 is 5.32 Å². The Labute approximate surface area is 157 Å². The first-order valence-electron chi connectivity index (χ1n) is 9.02. The Bertz CT molecular complexity index is 962. The molecule has 2 N–H and O–H groups in total. The minimum absolute atomic E-state index is 0.0277. The van der Waals surface area contributed by atoms with Crippen molar-refractivity contribution in [3.63, 3.8) is 0 Å². The molecule has 0 spiro atoms. The summed E-state index contributed by atoms with van der Waals surface area (Å²) in [5.41, 5.74) is 2.73. The zero-order chi connectivity index (χ0) is 19.4. The first-order chi connectivity index (χ1) is 13.0. The maximum absolute atomic E-state index is 12.5. The van der Waals surface area contributed by atoms with E-state index in [1.165, 1.54) is 6.07 Å². The summed E-state index contributed by atoms with van der Waals surface area (Å²) in [7, 11) is 0. The number of aromatic amines is 1. The molecular formula is C21H23N3O3. The van der Waals surface area contributed by atoms with Gasteiger partial charge in [0.1, 0.15) is 0 Å². The predicted octanol–water partition coefficient (Wildman–Crippen LogP) is 4.37. The highest BCUT2D eigenvalue weighted by Crippen LogP contribution is 2.34. The van der Waals surface area contributed by atoms with Crippen molar-refractivity contribution in [3.8, 4) is 0 Å². The van der Waals surface area contributed by atoms with Gasteiger partial charge in [0.15, 0.2) is 0 Å². The average Bonchev–Trinajstić information content (AvgIpc) is 3.08. The van der Waals surface area contributed by atoms with Crippen LogP contribution in [0.15, 0.2) is 54.7 Å². The molecule has 3 aromatic rings. The van der Waals surface area contributed by atoms with E-state index in [1.54, 1.807) is 12.1 Å². The Morgan fingerprint density at radius 1 is 1.19 bits per heavy atom. The zero-order valence-electron chi connectivity index (χ0n) is 15.4. The highest BCUT2D eigenvalue weighted by atomic mass is 16.6. The molecule has 0 saturated carbocycles. The third kappa shape index (κ3) is 4.34. The van der Waals surface area contributed by atoms with Crippen LogP contribution in [0.1, 0.15) is 37.3 Å². The molecule has 1 aromatic heterocycles. The van der Waals surface area contributed by atoms with Crippen molar-refractivity contribution in [2.45, 2.75) is 26.2 Å². The van der Waals surface area contributed by atoms with Crippen LogP contribution in [0.25, 0.3) is 10.9 Å². The number of fused-ring (bicyclic) bond motifs is 1. The molecular weight excluding hydrogens is 342 g/mol. The van der Waals surface area contributed by atoms with Crippen LogP contribution in [-0.4, -0.2) is 22.4 Å². The fourth-order valence-electron chi connectivity index (χ4n) is 3.22. The highest BCUT2D eigenvalue weighted by molar-refractivity contribution is 5.86. The van der Waals surface area contributed by atoms with Crippen LogP contribution in [0.4, 0.5) is 5.69 Å². The second-order valence-electron chi connectivity index (χ2n) is 7.10. The van der Waals surface area contributed by atoms with E-state index in [0.29, 0.717) is 12.5 Å². The predicted molar refractivity (Wildman–Crippen MR) is 106 cm³/mol. The van der Waals surface area contributed by atoms with Crippen molar-refractivity contribution in [1.82, 2.24) is 10.3 Å². The second-order valence-corrected chi connectivity index (χ2v) is 7.10. The summed E-state index contributed by atoms with van der Waals surface area (Å²) in [5.74, 6) is 0.0250. The lowest BCUT2D eigenvalue weighted by molar-refractivity contribution is -0.384. The van der Waals surface area contributed by atoms with E-state index in [2.05, 4.69) is 10.3 Å². The standard InChI is InChI=1S/C21H23N3O3/c1-14(2)12-23-21(25)11-18(15-6-5-7-16(10-15)24(26)27)19-13-22-20-9-4-3-8-17(19)20/h3-10,13-14,18,22H,11-12H2,1-2H3,(H,23,25). The number of hydrogen-bond donors (Lipinski definition) is 2. The fourth-order valence-corrected chi connectivity index (χ4v) is 3.22. The second kappa shape index (κ2) is 8.03. The van der Waals surface area contributed by atoms with Gasteiger partial charge in [-0.3, -0.25) is 14.9 Å². The van der Waals surface area contributed by atoms with Crippen molar-refractivity contribution in [2.75, 3.05) is 6.54 Å². The molecule has 0 radical (unpaired) electrons. The number of H-pyrrole nitrogens is 1. The Kier molecular flexibility index (Phi) is 5.54. The molecule has 0 fully saturated rings. The van der Waals surface area contributed by atoms with Gasteiger partial charge >= 0.3 is 0 Å². The average molecular weight is 365 g/mol. The molecule has 0 saturated heterocycles.